The monoisotopic (exact) mass is 296 g/mol. The molecule has 0 heterocycles. The number of hydrogen-bond acceptors (Lipinski definition) is 4. The fourth-order valence-corrected chi connectivity index (χ4v) is 2.95. The molecule has 0 atom stereocenters. The van der Waals surface area contributed by atoms with Gasteiger partial charge in [0.2, 0.25) is 0 Å². The highest BCUT2D eigenvalue weighted by Crippen LogP contribution is 2.44. The predicted octanol–water partition coefficient (Wildman–Crippen LogP) is 3.57. The maximum absolute atomic E-state index is 12.7. The summed E-state index contributed by atoms with van der Waals surface area (Å²) < 4.78 is 11.0. The Kier molecular flexibility index (Phi) is 3.24. The van der Waals surface area contributed by atoms with E-state index in [-0.39, 0.29) is 11.6 Å². The zero-order valence-corrected chi connectivity index (χ0v) is 12.9. The zero-order chi connectivity index (χ0) is 16.0. The maximum atomic E-state index is 12.7. The van der Waals surface area contributed by atoms with Crippen LogP contribution in [0.25, 0.3) is 10.8 Å². The number of ketones is 2. The van der Waals surface area contributed by atoms with Gasteiger partial charge in [0.25, 0.3) is 0 Å². The topological polar surface area (TPSA) is 52.6 Å². The molecule has 0 bridgehead atoms. The van der Waals surface area contributed by atoms with Crippen LogP contribution in [0.4, 0.5) is 0 Å². The minimum Gasteiger partial charge on any atom is -0.495 e. The summed E-state index contributed by atoms with van der Waals surface area (Å²) in [5.41, 5.74) is 1.50. The quantitative estimate of drug-likeness (QED) is 0.850. The van der Waals surface area contributed by atoms with E-state index in [4.69, 9.17) is 9.47 Å². The van der Waals surface area contributed by atoms with Crippen molar-refractivity contribution in [1.82, 2.24) is 0 Å². The number of hydrogen-bond donors (Lipinski definition) is 0. The number of carbonyl (C=O) groups excluding carboxylic acids is 2. The van der Waals surface area contributed by atoms with Crippen LogP contribution in [0.3, 0.4) is 0 Å². The molecule has 2 aromatic rings. The van der Waals surface area contributed by atoms with E-state index in [1.165, 1.54) is 14.2 Å². The molecular formula is C18H16O4. The molecule has 4 heteroatoms. The molecule has 22 heavy (non-hydrogen) atoms. The van der Waals surface area contributed by atoms with Crippen molar-refractivity contribution in [1.29, 1.82) is 0 Å². The fourth-order valence-electron chi connectivity index (χ4n) is 2.95. The van der Waals surface area contributed by atoms with Crippen molar-refractivity contribution in [2.75, 3.05) is 14.2 Å². The average Bonchev–Trinajstić information content (AvgIpc) is 2.55. The molecule has 0 radical (unpaired) electrons. The van der Waals surface area contributed by atoms with E-state index in [0.29, 0.717) is 33.8 Å². The van der Waals surface area contributed by atoms with Gasteiger partial charge in [-0.1, -0.05) is 24.3 Å². The summed E-state index contributed by atoms with van der Waals surface area (Å²) >= 11 is 0. The Bertz CT molecular complexity index is 789. The van der Waals surface area contributed by atoms with Crippen LogP contribution < -0.4 is 9.47 Å². The lowest BCUT2D eigenvalue weighted by atomic mass is 9.82. The van der Waals surface area contributed by atoms with E-state index in [2.05, 4.69) is 0 Å². The molecule has 0 saturated carbocycles. The van der Waals surface area contributed by atoms with Gasteiger partial charge in [0, 0.05) is 21.9 Å². The van der Waals surface area contributed by atoms with Crippen LogP contribution in [-0.4, -0.2) is 25.8 Å². The van der Waals surface area contributed by atoms with Crippen LogP contribution in [0.15, 0.2) is 35.4 Å². The number of rotatable bonds is 2. The molecule has 1 aliphatic rings. The molecule has 4 nitrogen and oxygen atoms in total. The van der Waals surface area contributed by atoms with E-state index in [9.17, 15) is 9.59 Å². The first-order valence-corrected chi connectivity index (χ1v) is 6.96. The van der Waals surface area contributed by atoms with Gasteiger partial charge in [0.15, 0.2) is 11.6 Å². The van der Waals surface area contributed by atoms with Crippen LogP contribution >= 0.6 is 0 Å². The van der Waals surface area contributed by atoms with Gasteiger partial charge in [-0.25, -0.2) is 0 Å². The molecule has 0 aromatic heterocycles. The minimum absolute atomic E-state index is 0.187. The molecule has 0 spiro atoms. The summed E-state index contributed by atoms with van der Waals surface area (Å²) in [6, 6.07) is 7.43. The number of ether oxygens (including phenoxy) is 2. The van der Waals surface area contributed by atoms with Crippen LogP contribution in [0.2, 0.25) is 0 Å². The lowest BCUT2D eigenvalue weighted by Gasteiger charge is -2.23. The molecule has 0 N–H and O–H groups in total. The van der Waals surface area contributed by atoms with Crippen LogP contribution in [0.5, 0.6) is 11.5 Å². The molecule has 2 aromatic carbocycles. The second-order valence-electron chi connectivity index (χ2n) is 5.27. The predicted molar refractivity (Wildman–Crippen MR) is 84.1 cm³/mol. The highest BCUT2D eigenvalue weighted by Gasteiger charge is 2.35. The van der Waals surface area contributed by atoms with Gasteiger partial charge in [-0.2, -0.15) is 0 Å². The Morgan fingerprint density at radius 1 is 0.727 bits per heavy atom. The van der Waals surface area contributed by atoms with E-state index in [0.717, 1.165) is 10.8 Å². The fraction of sp³-hybridized carbons (Fsp3) is 0.222. The number of allylic oxidation sites excluding steroid dienone is 2. The Balaban J connectivity index is 2.57. The van der Waals surface area contributed by atoms with Crippen LogP contribution in [0.1, 0.15) is 34.6 Å². The van der Waals surface area contributed by atoms with Crippen molar-refractivity contribution >= 4 is 22.3 Å². The second kappa shape index (κ2) is 4.98. The van der Waals surface area contributed by atoms with Gasteiger partial charge in [-0.05, 0) is 13.8 Å². The van der Waals surface area contributed by atoms with Crippen molar-refractivity contribution in [3.8, 4) is 11.5 Å². The summed E-state index contributed by atoms with van der Waals surface area (Å²) in [5.74, 6) is 0.481. The summed E-state index contributed by atoms with van der Waals surface area (Å²) in [6.45, 7) is 3.33. The maximum Gasteiger partial charge on any atom is 0.193 e. The van der Waals surface area contributed by atoms with E-state index in [1.54, 1.807) is 13.8 Å². The summed E-state index contributed by atoms with van der Waals surface area (Å²) in [7, 11) is 3.01. The molecular weight excluding hydrogens is 280 g/mol. The van der Waals surface area contributed by atoms with Gasteiger partial charge in [-0.15, -0.1) is 0 Å². The SMILES string of the molecule is COc1c2c(c(OC)c3ccccc13)C(=O)C(C)=C(C)C2=O. The summed E-state index contributed by atoms with van der Waals surface area (Å²) in [6.07, 6.45) is 0. The Morgan fingerprint density at radius 3 is 1.41 bits per heavy atom. The molecule has 0 unspecified atom stereocenters. The second-order valence-corrected chi connectivity index (χ2v) is 5.27. The Labute approximate surface area is 128 Å². The number of Topliss-reactive ketones (excluding diaryl/α,β-unsaturated/α-hetero) is 2. The minimum atomic E-state index is -0.187. The number of benzene rings is 2. The van der Waals surface area contributed by atoms with E-state index in [1.807, 2.05) is 24.3 Å². The first kappa shape index (κ1) is 14.3. The van der Waals surface area contributed by atoms with Gasteiger partial charge >= 0.3 is 0 Å². The molecule has 3 rings (SSSR count). The number of methoxy groups -OCH3 is 2. The Hall–Kier alpha value is -2.62. The smallest absolute Gasteiger partial charge is 0.193 e. The molecule has 0 aliphatic heterocycles. The summed E-state index contributed by atoms with van der Waals surface area (Å²) in [4.78, 5) is 25.4. The molecule has 1 aliphatic carbocycles. The van der Waals surface area contributed by atoms with Crippen molar-refractivity contribution in [2.45, 2.75) is 13.8 Å². The van der Waals surface area contributed by atoms with Crippen molar-refractivity contribution in [3.63, 3.8) is 0 Å². The van der Waals surface area contributed by atoms with E-state index < -0.39 is 0 Å². The number of carbonyl (C=O) groups is 2. The molecule has 0 saturated heterocycles. The Morgan fingerprint density at radius 2 is 1.09 bits per heavy atom. The third kappa shape index (κ3) is 1.70. The van der Waals surface area contributed by atoms with E-state index >= 15 is 0 Å². The van der Waals surface area contributed by atoms with Gasteiger partial charge < -0.3 is 9.47 Å². The van der Waals surface area contributed by atoms with Gasteiger partial charge in [0.05, 0.1) is 25.3 Å². The number of fused-ring (bicyclic) bond motifs is 2. The standard InChI is InChI=1S/C18H16O4/c1-9-10(2)16(20)14-13(15(9)19)17(21-3)11-7-5-6-8-12(11)18(14)22-4/h5-8H,1-4H3. The lowest BCUT2D eigenvalue weighted by Crippen LogP contribution is -2.21. The van der Waals surface area contributed by atoms with Crippen molar-refractivity contribution in [3.05, 3.63) is 46.5 Å². The normalized spacial score (nSPS) is 14.4. The zero-order valence-electron chi connectivity index (χ0n) is 12.9. The van der Waals surface area contributed by atoms with Crippen molar-refractivity contribution < 1.29 is 19.1 Å². The van der Waals surface area contributed by atoms with Crippen LogP contribution in [0, 0.1) is 0 Å². The first-order chi connectivity index (χ1) is 10.5. The first-order valence-electron chi connectivity index (χ1n) is 6.96. The van der Waals surface area contributed by atoms with Gasteiger partial charge in [-0.3, -0.25) is 9.59 Å². The lowest BCUT2D eigenvalue weighted by molar-refractivity contribution is 0.0970. The van der Waals surface area contributed by atoms with Gasteiger partial charge in [0.1, 0.15) is 11.5 Å². The van der Waals surface area contributed by atoms with Crippen molar-refractivity contribution in [2.24, 2.45) is 0 Å². The molecule has 0 fully saturated rings. The average molecular weight is 296 g/mol. The summed E-state index contributed by atoms with van der Waals surface area (Å²) in [5, 5.41) is 1.52. The highest BCUT2D eigenvalue weighted by molar-refractivity contribution is 6.31. The molecule has 112 valence electrons. The third-order valence-corrected chi connectivity index (χ3v) is 4.23. The van der Waals surface area contributed by atoms with Crippen LogP contribution in [-0.2, 0) is 0 Å². The third-order valence-electron chi connectivity index (χ3n) is 4.23. The largest absolute Gasteiger partial charge is 0.495 e. The molecule has 0 amide bonds. The highest BCUT2D eigenvalue weighted by atomic mass is 16.5.